The lowest BCUT2D eigenvalue weighted by molar-refractivity contribution is 0.255. The lowest BCUT2D eigenvalue weighted by Gasteiger charge is -2.26. The van der Waals surface area contributed by atoms with Crippen LogP contribution in [0.15, 0.2) is 24.3 Å². The zero-order valence-electron chi connectivity index (χ0n) is 10.2. The quantitative estimate of drug-likeness (QED) is 0.827. The maximum Gasteiger partial charge on any atom is 0.122 e. The Labute approximate surface area is 108 Å². The van der Waals surface area contributed by atoms with Crippen LogP contribution in [0.5, 0.6) is 5.75 Å². The van der Waals surface area contributed by atoms with E-state index < -0.39 is 0 Å². The van der Waals surface area contributed by atoms with Crippen molar-refractivity contribution in [3.05, 3.63) is 29.8 Å². The van der Waals surface area contributed by atoms with Crippen LogP contribution in [0.1, 0.15) is 18.4 Å². The predicted molar refractivity (Wildman–Crippen MR) is 73.6 cm³/mol. The van der Waals surface area contributed by atoms with Gasteiger partial charge in [0.2, 0.25) is 0 Å². The smallest absolute Gasteiger partial charge is 0.122 e. The molecule has 0 aliphatic carbocycles. The third kappa shape index (κ3) is 2.58. The fourth-order valence-corrected chi connectivity index (χ4v) is 2.28. The van der Waals surface area contributed by atoms with E-state index >= 15 is 0 Å². The number of fused-ring (bicyclic) bond motifs is 1. The van der Waals surface area contributed by atoms with Gasteiger partial charge in [-0.05, 0) is 20.0 Å². The number of hydrogen-bond donors (Lipinski definition) is 1. The number of nitrogens with zero attached hydrogens (tertiary/aromatic N) is 1. The Morgan fingerprint density at radius 3 is 3.00 bits per heavy atom. The number of para-hydroxylation sites is 1. The summed E-state index contributed by atoms with van der Waals surface area (Å²) in [5, 5.41) is 0. The summed E-state index contributed by atoms with van der Waals surface area (Å²) in [6.07, 6.45) is 0. The SMILES string of the molecule is CC(C(N)=S)N(C)CC1COc2ccccc21. The Kier molecular flexibility index (Phi) is 3.64. The van der Waals surface area contributed by atoms with Crippen molar-refractivity contribution >= 4 is 17.2 Å². The monoisotopic (exact) mass is 250 g/mol. The first kappa shape index (κ1) is 12.3. The number of nitrogens with two attached hydrogens (primary N) is 1. The summed E-state index contributed by atoms with van der Waals surface area (Å²) < 4.78 is 5.66. The molecule has 0 amide bonds. The molecule has 17 heavy (non-hydrogen) atoms. The van der Waals surface area contributed by atoms with Crippen molar-refractivity contribution in [2.45, 2.75) is 18.9 Å². The van der Waals surface area contributed by atoms with Crippen LogP contribution in [0.4, 0.5) is 0 Å². The van der Waals surface area contributed by atoms with Gasteiger partial charge in [-0.3, -0.25) is 4.90 Å². The van der Waals surface area contributed by atoms with E-state index in [1.165, 1.54) is 5.56 Å². The molecule has 1 aromatic rings. The molecule has 1 aliphatic rings. The average molecular weight is 250 g/mol. The molecule has 4 heteroatoms. The molecule has 0 spiro atoms. The fraction of sp³-hybridized carbons (Fsp3) is 0.462. The molecule has 2 unspecified atom stereocenters. The largest absolute Gasteiger partial charge is 0.493 e. The van der Waals surface area contributed by atoms with Gasteiger partial charge in [0.05, 0.1) is 17.6 Å². The average Bonchev–Trinajstić information content (AvgIpc) is 2.71. The van der Waals surface area contributed by atoms with E-state index in [0.717, 1.165) is 18.9 Å². The molecule has 92 valence electrons. The molecule has 1 aliphatic heterocycles. The summed E-state index contributed by atoms with van der Waals surface area (Å²) >= 11 is 5.02. The molecule has 0 fully saturated rings. The molecule has 2 atom stereocenters. The van der Waals surface area contributed by atoms with Gasteiger partial charge in [-0.25, -0.2) is 0 Å². The van der Waals surface area contributed by atoms with E-state index in [2.05, 4.69) is 17.0 Å². The van der Waals surface area contributed by atoms with Gasteiger partial charge in [-0.1, -0.05) is 30.4 Å². The van der Waals surface area contributed by atoms with E-state index in [4.69, 9.17) is 22.7 Å². The number of thiocarbonyl (C=S) groups is 1. The summed E-state index contributed by atoms with van der Waals surface area (Å²) in [7, 11) is 2.05. The van der Waals surface area contributed by atoms with Crippen LogP contribution in [0.3, 0.4) is 0 Å². The fourth-order valence-electron chi connectivity index (χ4n) is 2.10. The van der Waals surface area contributed by atoms with E-state index in [1.54, 1.807) is 0 Å². The van der Waals surface area contributed by atoms with Gasteiger partial charge in [0.15, 0.2) is 0 Å². The topological polar surface area (TPSA) is 38.5 Å². The second kappa shape index (κ2) is 5.02. The summed E-state index contributed by atoms with van der Waals surface area (Å²) in [4.78, 5) is 2.72. The predicted octanol–water partition coefficient (Wildman–Crippen LogP) is 1.77. The van der Waals surface area contributed by atoms with Crippen molar-refractivity contribution in [1.29, 1.82) is 0 Å². The lowest BCUT2D eigenvalue weighted by Crippen LogP contribution is -2.41. The second-order valence-electron chi connectivity index (χ2n) is 4.56. The van der Waals surface area contributed by atoms with Crippen molar-refractivity contribution in [3.63, 3.8) is 0 Å². The van der Waals surface area contributed by atoms with E-state index in [1.807, 2.05) is 26.1 Å². The van der Waals surface area contributed by atoms with E-state index in [9.17, 15) is 0 Å². The summed E-state index contributed by atoms with van der Waals surface area (Å²) in [6, 6.07) is 8.33. The highest BCUT2D eigenvalue weighted by atomic mass is 32.1. The van der Waals surface area contributed by atoms with Gasteiger partial charge in [0.1, 0.15) is 5.75 Å². The van der Waals surface area contributed by atoms with Crippen LogP contribution in [0, 0.1) is 0 Å². The molecule has 0 saturated heterocycles. The number of likely N-dealkylation sites (N-methyl/N-ethyl adjacent to an activating group) is 1. The van der Waals surface area contributed by atoms with Gasteiger partial charge in [-0.15, -0.1) is 0 Å². The number of benzene rings is 1. The number of ether oxygens (including phenoxy) is 1. The Bertz CT molecular complexity index is 422. The van der Waals surface area contributed by atoms with Gasteiger partial charge in [-0.2, -0.15) is 0 Å². The van der Waals surface area contributed by atoms with Crippen molar-refractivity contribution < 1.29 is 4.74 Å². The van der Waals surface area contributed by atoms with Crippen LogP contribution < -0.4 is 10.5 Å². The van der Waals surface area contributed by atoms with Crippen molar-refractivity contribution in [1.82, 2.24) is 4.90 Å². The first-order valence-corrected chi connectivity index (χ1v) is 6.21. The van der Waals surface area contributed by atoms with E-state index in [0.29, 0.717) is 10.9 Å². The van der Waals surface area contributed by atoms with Gasteiger partial charge in [0, 0.05) is 18.0 Å². The Hall–Kier alpha value is -1.13. The molecule has 3 nitrogen and oxygen atoms in total. The molecule has 2 rings (SSSR count). The van der Waals surface area contributed by atoms with Crippen LogP contribution in [0.2, 0.25) is 0 Å². The molecular formula is C13H18N2OS. The second-order valence-corrected chi connectivity index (χ2v) is 5.04. The zero-order valence-corrected chi connectivity index (χ0v) is 11.0. The highest BCUT2D eigenvalue weighted by Gasteiger charge is 2.26. The zero-order chi connectivity index (χ0) is 12.4. The Morgan fingerprint density at radius 1 is 1.59 bits per heavy atom. The third-order valence-electron chi connectivity index (χ3n) is 3.38. The first-order valence-electron chi connectivity index (χ1n) is 5.81. The Balaban J connectivity index is 2.04. The standard InChI is InChI=1S/C13H18N2OS/c1-9(13(14)17)15(2)7-10-8-16-12-6-4-3-5-11(10)12/h3-6,9-10H,7-8H2,1-2H3,(H2,14,17). The normalized spacial score (nSPS) is 19.8. The van der Waals surface area contributed by atoms with Crippen LogP contribution in [-0.4, -0.2) is 36.1 Å². The maximum atomic E-state index is 5.66. The summed E-state index contributed by atoms with van der Waals surface area (Å²) in [5.41, 5.74) is 6.95. The minimum absolute atomic E-state index is 0.123. The molecule has 2 N–H and O–H groups in total. The van der Waals surface area contributed by atoms with Crippen molar-refractivity contribution in [2.24, 2.45) is 5.73 Å². The number of rotatable bonds is 4. The van der Waals surface area contributed by atoms with Crippen LogP contribution >= 0.6 is 12.2 Å². The lowest BCUT2D eigenvalue weighted by atomic mass is 10.0. The highest BCUT2D eigenvalue weighted by Crippen LogP contribution is 2.33. The first-order chi connectivity index (χ1) is 8.09. The molecule has 0 aromatic heterocycles. The molecule has 1 heterocycles. The van der Waals surface area contributed by atoms with Gasteiger partial charge < -0.3 is 10.5 Å². The maximum absolute atomic E-state index is 5.66. The minimum atomic E-state index is 0.123. The molecule has 0 bridgehead atoms. The molecule has 0 saturated carbocycles. The summed E-state index contributed by atoms with van der Waals surface area (Å²) in [6.45, 7) is 3.69. The highest BCUT2D eigenvalue weighted by molar-refractivity contribution is 7.80. The van der Waals surface area contributed by atoms with Crippen LogP contribution in [-0.2, 0) is 0 Å². The van der Waals surface area contributed by atoms with Crippen LogP contribution in [0.25, 0.3) is 0 Å². The Morgan fingerprint density at radius 2 is 2.29 bits per heavy atom. The van der Waals surface area contributed by atoms with Gasteiger partial charge in [0.25, 0.3) is 0 Å². The molecule has 0 radical (unpaired) electrons. The van der Waals surface area contributed by atoms with Gasteiger partial charge >= 0.3 is 0 Å². The van der Waals surface area contributed by atoms with E-state index in [-0.39, 0.29) is 6.04 Å². The summed E-state index contributed by atoms with van der Waals surface area (Å²) in [5.74, 6) is 1.42. The van der Waals surface area contributed by atoms with Crippen molar-refractivity contribution in [2.75, 3.05) is 20.2 Å². The third-order valence-corrected chi connectivity index (χ3v) is 3.72. The van der Waals surface area contributed by atoms with Crippen molar-refractivity contribution in [3.8, 4) is 5.75 Å². The number of hydrogen-bond acceptors (Lipinski definition) is 3. The molecule has 1 aromatic carbocycles. The minimum Gasteiger partial charge on any atom is -0.493 e. The molecular weight excluding hydrogens is 232 g/mol.